The summed E-state index contributed by atoms with van der Waals surface area (Å²) in [5.41, 5.74) is 15.0. The van der Waals surface area contributed by atoms with Gasteiger partial charge < -0.3 is 16.6 Å². The van der Waals surface area contributed by atoms with Gasteiger partial charge in [0.25, 0.3) is 0 Å². The van der Waals surface area contributed by atoms with Crippen LogP contribution in [0.1, 0.15) is 56.1 Å². The van der Waals surface area contributed by atoms with Gasteiger partial charge in [-0.05, 0) is 79.5 Å². The molecule has 4 unspecified atom stereocenters. The van der Waals surface area contributed by atoms with Crippen molar-refractivity contribution in [2.45, 2.75) is 51.4 Å². The number of nitrogens with two attached hydrogens (primary N) is 2. The molecule has 0 saturated heterocycles. The number of aryl methyl sites for hydroxylation is 1. The second kappa shape index (κ2) is 5.50. The zero-order valence-corrected chi connectivity index (χ0v) is 14.2. The Kier molecular flexibility index (Phi) is 3.55. The standard InChI is InChI=1S/C19H26N4O/c1-19-9-8-14-13-5-3-12(24)10-11(13)2-4-15(14)16(19)6-7-17(19)22-23-18(20)21/h3,5,10,14-16,24H,2,4,6-9H2,1H3,(H4,20,21,23). The van der Waals surface area contributed by atoms with Crippen LogP contribution in [-0.4, -0.2) is 16.8 Å². The maximum atomic E-state index is 9.77. The average molecular weight is 326 g/mol. The van der Waals surface area contributed by atoms with Gasteiger partial charge in [0.2, 0.25) is 5.96 Å². The largest absolute Gasteiger partial charge is 0.508 e. The van der Waals surface area contributed by atoms with Crippen LogP contribution in [0.4, 0.5) is 0 Å². The average Bonchev–Trinajstić information content (AvgIpc) is 2.89. The Morgan fingerprint density at radius 2 is 2.04 bits per heavy atom. The van der Waals surface area contributed by atoms with Crippen molar-refractivity contribution in [3.8, 4) is 5.75 Å². The van der Waals surface area contributed by atoms with Crippen molar-refractivity contribution >= 4 is 11.7 Å². The quantitative estimate of drug-likeness (QED) is 0.420. The molecular formula is C19H26N4O. The van der Waals surface area contributed by atoms with Crippen molar-refractivity contribution in [1.29, 1.82) is 0 Å². The minimum atomic E-state index is 0.0367. The number of guanidine groups is 1. The van der Waals surface area contributed by atoms with Gasteiger partial charge in [0, 0.05) is 11.1 Å². The summed E-state index contributed by atoms with van der Waals surface area (Å²) in [5, 5.41) is 18.1. The summed E-state index contributed by atoms with van der Waals surface area (Å²) in [7, 11) is 0. The van der Waals surface area contributed by atoms with Gasteiger partial charge in [0.05, 0.1) is 0 Å². The van der Waals surface area contributed by atoms with Crippen LogP contribution in [0.2, 0.25) is 0 Å². The highest BCUT2D eigenvalue weighted by atomic mass is 16.3. The lowest BCUT2D eigenvalue weighted by atomic mass is 9.55. The molecule has 3 aliphatic rings. The van der Waals surface area contributed by atoms with E-state index in [4.69, 9.17) is 11.5 Å². The third-order valence-electron chi connectivity index (χ3n) is 6.74. The number of benzene rings is 1. The number of aromatic hydroxyl groups is 1. The molecule has 2 saturated carbocycles. The molecule has 0 heterocycles. The highest BCUT2D eigenvalue weighted by Crippen LogP contribution is 2.59. The van der Waals surface area contributed by atoms with E-state index in [-0.39, 0.29) is 11.4 Å². The molecule has 5 nitrogen and oxygen atoms in total. The highest BCUT2D eigenvalue weighted by molar-refractivity contribution is 5.93. The minimum Gasteiger partial charge on any atom is -0.508 e. The summed E-state index contributed by atoms with van der Waals surface area (Å²) in [4.78, 5) is 0. The maximum absolute atomic E-state index is 9.77. The van der Waals surface area contributed by atoms with E-state index in [0.717, 1.165) is 19.3 Å². The van der Waals surface area contributed by atoms with E-state index in [0.29, 0.717) is 23.5 Å². The van der Waals surface area contributed by atoms with Gasteiger partial charge in [0.1, 0.15) is 5.75 Å². The highest BCUT2D eigenvalue weighted by Gasteiger charge is 2.53. The summed E-state index contributed by atoms with van der Waals surface area (Å²) in [6.45, 7) is 2.36. The lowest BCUT2D eigenvalue weighted by molar-refractivity contribution is 0.0955. The summed E-state index contributed by atoms with van der Waals surface area (Å²) >= 11 is 0. The van der Waals surface area contributed by atoms with Crippen LogP contribution in [0.3, 0.4) is 0 Å². The van der Waals surface area contributed by atoms with Gasteiger partial charge in [-0.15, -0.1) is 5.10 Å². The second-order valence-electron chi connectivity index (χ2n) is 7.87. The van der Waals surface area contributed by atoms with E-state index in [2.05, 4.69) is 23.2 Å². The summed E-state index contributed by atoms with van der Waals surface area (Å²) in [6, 6.07) is 5.95. The number of hydrogen-bond donors (Lipinski definition) is 3. The third kappa shape index (κ3) is 2.29. The Morgan fingerprint density at radius 3 is 2.83 bits per heavy atom. The van der Waals surface area contributed by atoms with Crippen LogP contribution in [0.15, 0.2) is 28.4 Å². The first-order chi connectivity index (χ1) is 11.5. The summed E-state index contributed by atoms with van der Waals surface area (Å²) < 4.78 is 0. The molecule has 0 bridgehead atoms. The van der Waals surface area contributed by atoms with E-state index in [1.54, 1.807) is 0 Å². The summed E-state index contributed by atoms with van der Waals surface area (Å²) in [5.74, 6) is 2.41. The Balaban J connectivity index is 1.66. The zero-order chi connectivity index (χ0) is 16.9. The topological polar surface area (TPSA) is 97.0 Å². The fourth-order valence-corrected chi connectivity index (χ4v) is 5.64. The molecule has 5 heteroatoms. The van der Waals surface area contributed by atoms with Crippen molar-refractivity contribution < 1.29 is 5.11 Å². The molecule has 0 amide bonds. The van der Waals surface area contributed by atoms with Gasteiger partial charge >= 0.3 is 0 Å². The van der Waals surface area contributed by atoms with Gasteiger partial charge in [-0.3, -0.25) is 0 Å². The monoisotopic (exact) mass is 326 g/mol. The number of phenolic OH excluding ortho intramolecular Hbond substituents is 1. The van der Waals surface area contributed by atoms with Gasteiger partial charge in [-0.1, -0.05) is 13.0 Å². The third-order valence-corrected chi connectivity index (χ3v) is 6.74. The van der Waals surface area contributed by atoms with Crippen molar-refractivity contribution in [2.75, 3.05) is 0 Å². The first kappa shape index (κ1) is 15.5. The van der Waals surface area contributed by atoms with E-state index in [9.17, 15) is 5.11 Å². The van der Waals surface area contributed by atoms with Crippen molar-refractivity contribution in [3.05, 3.63) is 29.3 Å². The lowest BCUT2D eigenvalue weighted by Gasteiger charge is -2.49. The zero-order valence-electron chi connectivity index (χ0n) is 14.2. The van der Waals surface area contributed by atoms with Crippen LogP contribution in [0.5, 0.6) is 5.75 Å². The van der Waals surface area contributed by atoms with Gasteiger partial charge in [0.15, 0.2) is 0 Å². The van der Waals surface area contributed by atoms with E-state index >= 15 is 0 Å². The normalized spacial score (nSPS) is 35.9. The van der Waals surface area contributed by atoms with Crippen LogP contribution >= 0.6 is 0 Å². The predicted octanol–water partition coefficient (Wildman–Crippen LogP) is 2.88. The van der Waals surface area contributed by atoms with Crippen LogP contribution < -0.4 is 11.5 Å². The fraction of sp³-hybridized carbons (Fsp3) is 0.579. The van der Waals surface area contributed by atoms with Crippen LogP contribution in [0, 0.1) is 17.3 Å². The Hall–Kier alpha value is -2.04. The molecule has 0 radical (unpaired) electrons. The molecule has 0 aromatic heterocycles. The first-order valence-corrected chi connectivity index (χ1v) is 8.97. The van der Waals surface area contributed by atoms with E-state index in [1.807, 2.05) is 12.1 Å². The number of nitrogens with zero attached hydrogens (tertiary/aromatic N) is 2. The SMILES string of the molecule is CC12CCC3c4ccc(O)cc4CCC3C1CCC2=NN=C(N)N. The lowest BCUT2D eigenvalue weighted by Crippen LogP contribution is -2.42. The number of phenols is 1. The van der Waals surface area contributed by atoms with Gasteiger partial charge in [-0.25, -0.2) is 0 Å². The molecule has 1 aromatic rings. The Morgan fingerprint density at radius 1 is 1.21 bits per heavy atom. The maximum Gasteiger partial charge on any atom is 0.211 e. The smallest absolute Gasteiger partial charge is 0.211 e. The predicted molar refractivity (Wildman–Crippen MR) is 96.0 cm³/mol. The van der Waals surface area contributed by atoms with Gasteiger partial charge in [-0.2, -0.15) is 5.10 Å². The van der Waals surface area contributed by atoms with E-state index in [1.165, 1.54) is 36.1 Å². The summed E-state index contributed by atoms with van der Waals surface area (Å²) in [6.07, 6.45) is 6.77. The van der Waals surface area contributed by atoms with Crippen molar-refractivity contribution in [3.63, 3.8) is 0 Å². The fourth-order valence-electron chi connectivity index (χ4n) is 5.64. The number of rotatable bonds is 1. The Bertz CT molecular complexity index is 722. The molecule has 3 aliphatic carbocycles. The molecule has 5 N–H and O–H groups in total. The molecule has 2 fully saturated rings. The molecule has 0 aliphatic heterocycles. The number of fused-ring (bicyclic) bond motifs is 5. The molecule has 0 spiro atoms. The molecule has 4 atom stereocenters. The molecule has 1 aromatic carbocycles. The van der Waals surface area contributed by atoms with Crippen LogP contribution in [0.25, 0.3) is 0 Å². The van der Waals surface area contributed by atoms with E-state index < -0.39 is 0 Å². The van der Waals surface area contributed by atoms with Crippen LogP contribution in [-0.2, 0) is 6.42 Å². The molecular weight excluding hydrogens is 300 g/mol. The van der Waals surface area contributed by atoms with Crippen molar-refractivity contribution in [2.24, 2.45) is 38.9 Å². The molecule has 128 valence electrons. The molecule has 24 heavy (non-hydrogen) atoms. The second-order valence-corrected chi connectivity index (χ2v) is 7.87. The van der Waals surface area contributed by atoms with Crippen molar-refractivity contribution in [1.82, 2.24) is 0 Å². The Labute approximate surface area is 142 Å². The number of hydrogen-bond acceptors (Lipinski definition) is 3. The minimum absolute atomic E-state index is 0.0367. The first-order valence-electron chi connectivity index (χ1n) is 8.97. The molecule has 4 rings (SSSR count).